The Kier molecular flexibility index (Phi) is 6.77. The van der Waals surface area contributed by atoms with Gasteiger partial charge in [0.15, 0.2) is 9.84 Å². The van der Waals surface area contributed by atoms with Crippen molar-refractivity contribution in [1.82, 2.24) is 10.2 Å². The summed E-state index contributed by atoms with van der Waals surface area (Å²) in [5.41, 5.74) is 0. The Balaban J connectivity index is 2.53. The second-order valence-electron chi connectivity index (χ2n) is 6.02. The standard InChI is InChI=1S/C14H30N2O2S/c1-5-13(4)14-11-16(8-6-7-15-14)9-10-19(17,18)12(2)3/h12-15H,5-11H2,1-4H3. The highest BCUT2D eigenvalue weighted by Crippen LogP contribution is 2.13. The molecular formula is C14H30N2O2S. The van der Waals surface area contributed by atoms with Crippen molar-refractivity contribution in [2.75, 3.05) is 31.9 Å². The molecular weight excluding hydrogens is 260 g/mol. The minimum absolute atomic E-state index is 0.261. The summed E-state index contributed by atoms with van der Waals surface area (Å²) in [6.07, 6.45) is 2.27. The molecule has 0 aromatic rings. The number of nitrogens with zero attached hydrogens (tertiary/aromatic N) is 1. The van der Waals surface area contributed by atoms with Gasteiger partial charge in [-0.2, -0.15) is 0 Å². The van der Waals surface area contributed by atoms with Gasteiger partial charge in [-0.1, -0.05) is 20.3 Å². The highest BCUT2D eigenvalue weighted by Gasteiger charge is 2.23. The first-order chi connectivity index (χ1) is 8.86. The zero-order valence-corrected chi connectivity index (χ0v) is 13.7. The number of sulfone groups is 1. The van der Waals surface area contributed by atoms with Gasteiger partial charge in [-0.25, -0.2) is 8.42 Å². The number of rotatable bonds is 6. The molecule has 0 saturated carbocycles. The average molecular weight is 290 g/mol. The van der Waals surface area contributed by atoms with Crippen molar-refractivity contribution in [3.8, 4) is 0 Å². The molecule has 1 fully saturated rings. The number of hydrogen-bond acceptors (Lipinski definition) is 4. The number of hydrogen-bond donors (Lipinski definition) is 1. The molecule has 0 radical (unpaired) electrons. The summed E-state index contributed by atoms with van der Waals surface area (Å²) in [5, 5.41) is 3.33. The van der Waals surface area contributed by atoms with E-state index in [9.17, 15) is 8.42 Å². The van der Waals surface area contributed by atoms with Crippen molar-refractivity contribution in [3.63, 3.8) is 0 Å². The van der Waals surface area contributed by atoms with Gasteiger partial charge in [0.1, 0.15) is 0 Å². The first-order valence-corrected chi connectivity index (χ1v) is 9.25. The van der Waals surface area contributed by atoms with E-state index in [0.717, 1.165) is 32.5 Å². The third-order valence-electron chi connectivity index (χ3n) is 4.25. The van der Waals surface area contributed by atoms with Crippen molar-refractivity contribution < 1.29 is 8.42 Å². The van der Waals surface area contributed by atoms with Gasteiger partial charge in [-0.05, 0) is 39.3 Å². The molecule has 0 aromatic carbocycles. The molecule has 0 amide bonds. The van der Waals surface area contributed by atoms with Gasteiger partial charge >= 0.3 is 0 Å². The third kappa shape index (κ3) is 5.40. The Bertz CT molecular complexity index is 354. The van der Waals surface area contributed by atoms with E-state index in [1.807, 2.05) is 0 Å². The van der Waals surface area contributed by atoms with Crippen LogP contribution >= 0.6 is 0 Å². The van der Waals surface area contributed by atoms with Crippen LogP contribution in [-0.4, -0.2) is 56.5 Å². The molecule has 2 unspecified atom stereocenters. The molecule has 0 aliphatic carbocycles. The van der Waals surface area contributed by atoms with Crippen LogP contribution in [-0.2, 0) is 9.84 Å². The van der Waals surface area contributed by atoms with E-state index in [1.165, 1.54) is 0 Å². The Morgan fingerprint density at radius 3 is 2.58 bits per heavy atom. The van der Waals surface area contributed by atoms with Crippen LogP contribution < -0.4 is 5.32 Å². The van der Waals surface area contributed by atoms with Gasteiger partial charge in [0.05, 0.1) is 11.0 Å². The van der Waals surface area contributed by atoms with Crippen molar-refractivity contribution in [1.29, 1.82) is 0 Å². The van der Waals surface area contributed by atoms with Gasteiger partial charge < -0.3 is 10.2 Å². The van der Waals surface area contributed by atoms with Crippen LogP contribution in [0, 0.1) is 5.92 Å². The predicted molar refractivity (Wildman–Crippen MR) is 81.2 cm³/mol. The van der Waals surface area contributed by atoms with Gasteiger partial charge in [0, 0.05) is 19.1 Å². The fraction of sp³-hybridized carbons (Fsp3) is 1.00. The second-order valence-corrected chi connectivity index (χ2v) is 8.69. The Labute approximate surface area is 118 Å². The van der Waals surface area contributed by atoms with Crippen molar-refractivity contribution in [2.45, 2.75) is 51.8 Å². The molecule has 0 spiro atoms. The predicted octanol–water partition coefficient (Wildman–Crippen LogP) is 1.52. The molecule has 1 rings (SSSR count). The molecule has 5 heteroatoms. The molecule has 0 bridgehead atoms. The molecule has 114 valence electrons. The van der Waals surface area contributed by atoms with Crippen LogP contribution in [0.2, 0.25) is 0 Å². The summed E-state index contributed by atoms with van der Waals surface area (Å²) in [6, 6.07) is 0.495. The van der Waals surface area contributed by atoms with Crippen LogP contribution in [0.25, 0.3) is 0 Å². The van der Waals surface area contributed by atoms with E-state index in [-0.39, 0.29) is 11.0 Å². The summed E-state index contributed by atoms with van der Waals surface area (Å²) in [4.78, 5) is 2.32. The lowest BCUT2D eigenvalue weighted by Crippen LogP contribution is -2.43. The van der Waals surface area contributed by atoms with Crippen LogP contribution in [0.4, 0.5) is 0 Å². The molecule has 2 atom stereocenters. The molecule has 19 heavy (non-hydrogen) atoms. The molecule has 0 aromatic heterocycles. The minimum Gasteiger partial charge on any atom is -0.312 e. The van der Waals surface area contributed by atoms with Gasteiger partial charge in [-0.3, -0.25) is 0 Å². The van der Waals surface area contributed by atoms with Crippen LogP contribution in [0.15, 0.2) is 0 Å². The van der Waals surface area contributed by atoms with E-state index in [0.29, 0.717) is 18.5 Å². The maximum Gasteiger partial charge on any atom is 0.153 e. The fourth-order valence-corrected chi connectivity index (χ4v) is 3.37. The third-order valence-corrected chi connectivity index (χ3v) is 6.44. The second kappa shape index (κ2) is 7.60. The fourth-order valence-electron chi connectivity index (χ4n) is 2.38. The normalized spacial score (nSPS) is 24.4. The summed E-state index contributed by atoms with van der Waals surface area (Å²) in [7, 11) is -2.91. The first kappa shape index (κ1) is 16.9. The maximum atomic E-state index is 11.9. The monoisotopic (exact) mass is 290 g/mol. The Morgan fingerprint density at radius 2 is 2.00 bits per heavy atom. The van der Waals surface area contributed by atoms with E-state index < -0.39 is 9.84 Å². The largest absolute Gasteiger partial charge is 0.312 e. The Morgan fingerprint density at radius 1 is 1.32 bits per heavy atom. The molecule has 1 saturated heterocycles. The van der Waals surface area contributed by atoms with Gasteiger partial charge in [-0.15, -0.1) is 0 Å². The highest BCUT2D eigenvalue weighted by molar-refractivity contribution is 7.92. The maximum absolute atomic E-state index is 11.9. The summed E-state index contributed by atoms with van der Waals surface area (Å²) < 4.78 is 23.8. The minimum atomic E-state index is -2.91. The zero-order valence-electron chi connectivity index (χ0n) is 12.9. The quantitative estimate of drug-likeness (QED) is 0.806. The highest BCUT2D eigenvalue weighted by atomic mass is 32.2. The Hall–Kier alpha value is -0.130. The van der Waals surface area contributed by atoms with Crippen LogP contribution in [0.3, 0.4) is 0 Å². The van der Waals surface area contributed by atoms with Crippen molar-refractivity contribution in [2.24, 2.45) is 5.92 Å². The lowest BCUT2D eigenvalue weighted by molar-refractivity contribution is 0.248. The van der Waals surface area contributed by atoms with E-state index >= 15 is 0 Å². The van der Waals surface area contributed by atoms with Gasteiger partial charge in [0.25, 0.3) is 0 Å². The summed E-state index contributed by atoms with van der Waals surface area (Å²) in [5.74, 6) is 0.931. The molecule has 1 heterocycles. The molecule has 1 aliphatic heterocycles. The molecule has 1 N–H and O–H groups in total. The lowest BCUT2D eigenvalue weighted by atomic mass is 9.99. The number of nitrogens with one attached hydrogen (secondary N) is 1. The SMILES string of the molecule is CCC(C)C1CN(CCS(=O)(=O)C(C)C)CCCN1. The van der Waals surface area contributed by atoms with E-state index in [1.54, 1.807) is 13.8 Å². The van der Waals surface area contributed by atoms with Gasteiger partial charge in [0.2, 0.25) is 0 Å². The van der Waals surface area contributed by atoms with Crippen LogP contribution in [0.5, 0.6) is 0 Å². The lowest BCUT2D eigenvalue weighted by Gasteiger charge is -2.28. The van der Waals surface area contributed by atoms with E-state index in [2.05, 4.69) is 24.1 Å². The molecule has 1 aliphatic rings. The van der Waals surface area contributed by atoms with Crippen molar-refractivity contribution in [3.05, 3.63) is 0 Å². The smallest absolute Gasteiger partial charge is 0.153 e. The van der Waals surface area contributed by atoms with E-state index in [4.69, 9.17) is 0 Å². The summed E-state index contributed by atoms with van der Waals surface area (Å²) in [6.45, 7) is 11.7. The van der Waals surface area contributed by atoms with Crippen LogP contribution in [0.1, 0.15) is 40.5 Å². The summed E-state index contributed by atoms with van der Waals surface area (Å²) >= 11 is 0. The van der Waals surface area contributed by atoms with Crippen molar-refractivity contribution >= 4 is 9.84 Å². The average Bonchev–Trinajstić information content (AvgIpc) is 2.61. The first-order valence-electron chi connectivity index (χ1n) is 7.54. The zero-order chi connectivity index (χ0) is 14.5. The topological polar surface area (TPSA) is 49.4 Å². The molecule has 4 nitrogen and oxygen atoms in total.